The molecule has 12 heteroatoms. The van der Waals surface area contributed by atoms with Crippen molar-refractivity contribution < 1.29 is 30.8 Å². The highest BCUT2D eigenvalue weighted by Crippen LogP contribution is 2.31. The number of benzene rings is 2. The van der Waals surface area contributed by atoms with Crippen molar-refractivity contribution in [1.29, 1.82) is 0 Å². The smallest absolute Gasteiger partial charge is 0.257 e. The number of sulfonamides is 1. The van der Waals surface area contributed by atoms with Gasteiger partial charge < -0.3 is 14.5 Å². The molecule has 190 valence electrons. The standard InChI is InChI=1S/C23H28FN3O6S2/c1-25-35(31,32)18-7-9-22(33-16-4-3-5-16)19(14-18)23(28)27-12-10-26(11-13-27)21-8-6-17(15-20(21)24)34(2,29)30/h6-9,14-16,25H,3-5,10-13H2,1-2H3. The molecule has 0 bridgehead atoms. The summed E-state index contributed by atoms with van der Waals surface area (Å²) in [6.45, 7) is 1.21. The zero-order valence-corrected chi connectivity index (χ0v) is 21.2. The van der Waals surface area contributed by atoms with E-state index in [-0.39, 0.29) is 46.1 Å². The normalized spacial score (nSPS) is 17.2. The molecule has 1 aliphatic carbocycles. The van der Waals surface area contributed by atoms with E-state index >= 15 is 0 Å². The molecule has 0 spiro atoms. The van der Waals surface area contributed by atoms with Gasteiger partial charge >= 0.3 is 0 Å². The van der Waals surface area contributed by atoms with Crippen molar-refractivity contribution in [3.8, 4) is 5.75 Å². The van der Waals surface area contributed by atoms with Crippen molar-refractivity contribution in [3.05, 3.63) is 47.8 Å². The third-order valence-corrected chi connectivity index (χ3v) is 8.88. The first-order chi connectivity index (χ1) is 16.5. The van der Waals surface area contributed by atoms with Crippen LogP contribution in [0.15, 0.2) is 46.2 Å². The number of sulfone groups is 1. The van der Waals surface area contributed by atoms with Crippen molar-refractivity contribution >= 4 is 31.5 Å². The van der Waals surface area contributed by atoms with E-state index in [1.165, 1.54) is 37.4 Å². The lowest BCUT2D eigenvalue weighted by atomic mass is 9.96. The highest BCUT2D eigenvalue weighted by molar-refractivity contribution is 7.90. The molecule has 2 aromatic rings. The van der Waals surface area contributed by atoms with Crippen LogP contribution in [0, 0.1) is 5.82 Å². The third-order valence-electron chi connectivity index (χ3n) is 6.36. The minimum atomic E-state index is -3.75. The number of rotatable bonds is 7. The Morgan fingerprint density at radius 1 is 1.00 bits per heavy atom. The van der Waals surface area contributed by atoms with Crippen LogP contribution in [0.2, 0.25) is 0 Å². The van der Waals surface area contributed by atoms with Crippen LogP contribution in [0.5, 0.6) is 5.75 Å². The van der Waals surface area contributed by atoms with E-state index in [9.17, 15) is 26.0 Å². The Labute approximate surface area is 204 Å². The van der Waals surface area contributed by atoms with Crippen molar-refractivity contribution in [1.82, 2.24) is 9.62 Å². The summed E-state index contributed by atoms with van der Waals surface area (Å²) in [5.41, 5.74) is 0.436. The Kier molecular flexibility index (Phi) is 7.07. The minimum Gasteiger partial charge on any atom is -0.490 e. The highest BCUT2D eigenvalue weighted by atomic mass is 32.2. The number of piperazine rings is 1. The fraction of sp³-hybridized carbons (Fsp3) is 0.435. The number of nitrogens with one attached hydrogen (secondary N) is 1. The van der Waals surface area contributed by atoms with Gasteiger partial charge in [0.15, 0.2) is 9.84 Å². The van der Waals surface area contributed by atoms with Gasteiger partial charge in [-0.3, -0.25) is 4.79 Å². The number of carbonyl (C=O) groups is 1. The second kappa shape index (κ2) is 9.75. The van der Waals surface area contributed by atoms with Gasteiger partial charge in [-0.25, -0.2) is 25.9 Å². The Morgan fingerprint density at radius 2 is 1.66 bits per heavy atom. The zero-order valence-electron chi connectivity index (χ0n) is 19.5. The predicted molar refractivity (Wildman–Crippen MR) is 129 cm³/mol. The van der Waals surface area contributed by atoms with Crippen LogP contribution in [0.25, 0.3) is 0 Å². The zero-order chi connectivity index (χ0) is 25.4. The quantitative estimate of drug-likeness (QED) is 0.589. The molecule has 0 aromatic heterocycles. The number of hydrogen-bond donors (Lipinski definition) is 1. The molecule has 0 atom stereocenters. The first-order valence-electron chi connectivity index (χ1n) is 11.3. The summed E-state index contributed by atoms with van der Waals surface area (Å²) in [7, 11) is -5.97. The average molecular weight is 526 g/mol. The molecule has 1 N–H and O–H groups in total. The van der Waals surface area contributed by atoms with E-state index in [2.05, 4.69) is 4.72 Å². The largest absolute Gasteiger partial charge is 0.490 e. The maximum atomic E-state index is 14.6. The summed E-state index contributed by atoms with van der Waals surface area (Å²) in [6.07, 6.45) is 3.83. The van der Waals surface area contributed by atoms with Gasteiger partial charge in [0.05, 0.1) is 27.1 Å². The fourth-order valence-electron chi connectivity index (χ4n) is 4.03. The van der Waals surface area contributed by atoms with Crippen LogP contribution in [0.1, 0.15) is 29.6 Å². The van der Waals surface area contributed by atoms with E-state index < -0.39 is 25.7 Å². The first kappa shape index (κ1) is 25.4. The Morgan fingerprint density at radius 3 is 2.20 bits per heavy atom. The summed E-state index contributed by atoms with van der Waals surface area (Å²) < 4.78 is 70.8. The lowest BCUT2D eigenvalue weighted by molar-refractivity contribution is 0.0728. The number of amides is 1. The number of nitrogens with zero attached hydrogens (tertiary/aromatic N) is 2. The minimum absolute atomic E-state index is 0.00281. The Hall–Kier alpha value is -2.70. The van der Waals surface area contributed by atoms with Gasteiger partial charge in [-0.1, -0.05) is 0 Å². The summed E-state index contributed by atoms with van der Waals surface area (Å²) in [5.74, 6) is -0.659. The molecule has 0 unspecified atom stereocenters. The van der Waals surface area contributed by atoms with Crippen LogP contribution < -0.4 is 14.4 Å². The topological polar surface area (TPSA) is 113 Å². The second-order valence-electron chi connectivity index (χ2n) is 8.70. The summed E-state index contributed by atoms with van der Waals surface area (Å²) >= 11 is 0. The molecule has 35 heavy (non-hydrogen) atoms. The number of carbonyl (C=O) groups excluding carboxylic acids is 1. The summed E-state index contributed by atoms with van der Waals surface area (Å²) in [5, 5.41) is 0. The lowest BCUT2D eigenvalue weighted by Gasteiger charge is -2.36. The number of hydrogen-bond acceptors (Lipinski definition) is 7. The van der Waals surface area contributed by atoms with Gasteiger partial charge in [-0.05, 0) is 62.7 Å². The van der Waals surface area contributed by atoms with E-state index in [1.807, 2.05) is 0 Å². The maximum absolute atomic E-state index is 14.6. The molecule has 2 aliphatic rings. The van der Waals surface area contributed by atoms with Gasteiger partial charge in [-0.15, -0.1) is 0 Å². The van der Waals surface area contributed by atoms with Crippen LogP contribution in [-0.2, 0) is 19.9 Å². The maximum Gasteiger partial charge on any atom is 0.257 e. The van der Waals surface area contributed by atoms with Gasteiger partial charge in [-0.2, -0.15) is 0 Å². The molecule has 0 radical (unpaired) electrons. The Balaban J connectivity index is 1.53. The molecular weight excluding hydrogens is 497 g/mol. The molecule has 1 amide bonds. The molecule has 1 saturated heterocycles. The number of ether oxygens (including phenoxy) is 1. The average Bonchev–Trinajstić information content (AvgIpc) is 2.80. The lowest BCUT2D eigenvalue weighted by Crippen LogP contribution is -2.49. The van der Waals surface area contributed by atoms with Crippen LogP contribution in [0.3, 0.4) is 0 Å². The van der Waals surface area contributed by atoms with Crippen molar-refractivity contribution in [3.63, 3.8) is 0 Å². The van der Waals surface area contributed by atoms with Gasteiger partial charge in [0.2, 0.25) is 10.0 Å². The molecule has 9 nitrogen and oxygen atoms in total. The second-order valence-corrected chi connectivity index (χ2v) is 12.6. The van der Waals surface area contributed by atoms with Crippen LogP contribution in [-0.4, -0.2) is 73.2 Å². The predicted octanol–water partition coefficient (Wildman–Crippen LogP) is 2.03. The van der Waals surface area contributed by atoms with E-state index in [4.69, 9.17) is 4.74 Å². The third kappa shape index (κ3) is 5.44. The van der Waals surface area contributed by atoms with E-state index in [0.717, 1.165) is 31.6 Å². The summed E-state index contributed by atoms with van der Waals surface area (Å²) in [6, 6.07) is 8.06. The molecule has 1 saturated carbocycles. The molecule has 4 rings (SSSR count). The van der Waals surface area contributed by atoms with Crippen LogP contribution >= 0.6 is 0 Å². The molecule has 2 fully saturated rings. The van der Waals surface area contributed by atoms with Crippen molar-refractivity contribution in [2.24, 2.45) is 0 Å². The SMILES string of the molecule is CNS(=O)(=O)c1ccc(OC2CCC2)c(C(=O)N2CCN(c3ccc(S(C)(=O)=O)cc3F)CC2)c1. The van der Waals surface area contributed by atoms with Gasteiger partial charge in [0, 0.05) is 32.4 Å². The number of halogens is 1. The molecular formula is C23H28FN3O6S2. The molecule has 2 aromatic carbocycles. The van der Waals surface area contributed by atoms with E-state index in [1.54, 1.807) is 9.80 Å². The molecule has 1 aliphatic heterocycles. The van der Waals surface area contributed by atoms with Crippen molar-refractivity contribution in [2.75, 3.05) is 44.4 Å². The van der Waals surface area contributed by atoms with Gasteiger partial charge in [0.1, 0.15) is 11.6 Å². The van der Waals surface area contributed by atoms with Crippen molar-refractivity contribution in [2.45, 2.75) is 35.2 Å². The monoisotopic (exact) mass is 525 g/mol. The highest BCUT2D eigenvalue weighted by Gasteiger charge is 2.29. The van der Waals surface area contributed by atoms with Gasteiger partial charge in [0.25, 0.3) is 5.91 Å². The first-order valence-corrected chi connectivity index (χ1v) is 14.6. The fourth-order valence-corrected chi connectivity index (χ4v) is 5.42. The summed E-state index contributed by atoms with van der Waals surface area (Å²) in [4.78, 5) is 16.6. The Bertz CT molecular complexity index is 1340. The van der Waals surface area contributed by atoms with E-state index in [0.29, 0.717) is 18.8 Å². The van der Waals surface area contributed by atoms with Crippen LogP contribution in [0.4, 0.5) is 10.1 Å². The number of anilines is 1. The molecule has 1 heterocycles.